The van der Waals surface area contributed by atoms with Crippen LogP contribution in [0.3, 0.4) is 0 Å². The Kier molecular flexibility index (Phi) is 5.56. The van der Waals surface area contributed by atoms with E-state index >= 15 is 0 Å². The third-order valence-electron chi connectivity index (χ3n) is 4.99. The monoisotopic (exact) mass is 302 g/mol. The first-order valence-corrected chi connectivity index (χ1v) is 8.58. The fraction of sp³-hybridized carbons (Fsp3) is 0.667. The molecule has 3 nitrogen and oxygen atoms in total. The van der Waals surface area contributed by atoms with Gasteiger partial charge >= 0.3 is 7.12 Å². The van der Waals surface area contributed by atoms with Crippen LogP contribution in [-0.2, 0) is 14.0 Å². The molecular formula is C18H27BO3. The molecule has 0 unspecified atom stereocenters. The van der Waals surface area contributed by atoms with Gasteiger partial charge in [-0.1, -0.05) is 31.2 Å². The molecular weight excluding hydrogens is 275 g/mol. The average Bonchev–Trinajstić information content (AvgIpc) is 2.57. The second kappa shape index (κ2) is 7.63. The van der Waals surface area contributed by atoms with Gasteiger partial charge in [-0.3, -0.25) is 0 Å². The van der Waals surface area contributed by atoms with Crippen molar-refractivity contribution in [3.05, 3.63) is 29.8 Å². The lowest BCUT2D eigenvalue weighted by molar-refractivity contribution is 0.0958. The zero-order valence-corrected chi connectivity index (χ0v) is 13.8. The molecule has 0 amide bonds. The SMILES string of the molecule is COCC1CCC(c2ccc(B3OCC(C)CO3)cc2)CC1. The van der Waals surface area contributed by atoms with Crippen molar-refractivity contribution in [1.29, 1.82) is 0 Å². The molecule has 0 radical (unpaired) electrons. The molecule has 0 N–H and O–H groups in total. The highest BCUT2D eigenvalue weighted by Gasteiger charge is 2.28. The Bertz CT molecular complexity index is 446. The van der Waals surface area contributed by atoms with Crippen molar-refractivity contribution in [1.82, 2.24) is 0 Å². The van der Waals surface area contributed by atoms with Crippen LogP contribution >= 0.6 is 0 Å². The largest absolute Gasteiger partial charge is 0.493 e. The van der Waals surface area contributed by atoms with Crippen LogP contribution < -0.4 is 5.46 Å². The lowest BCUT2D eigenvalue weighted by atomic mass is 9.75. The van der Waals surface area contributed by atoms with E-state index in [2.05, 4.69) is 31.2 Å². The molecule has 1 aromatic rings. The Balaban J connectivity index is 1.56. The second-order valence-electron chi connectivity index (χ2n) is 6.94. The molecule has 0 spiro atoms. The van der Waals surface area contributed by atoms with Gasteiger partial charge in [0.05, 0.1) is 0 Å². The zero-order chi connectivity index (χ0) is 15.4. The molecule has 1 saturated heterocycles. The number of ether oxygens (including phenoxy) is 1. The molecule has 0 atom stereocenters. The molecule has 0 bridgehead atoms. The van der Waals surface area contributed by atoms with Crippen molar-refractivity contribution < 1.29 is 14.0 Å². The third kappa shape index (κ3) is 3.92. The molecule has 22 heavy (non-hydrogen) atoms. The van der Waals surface area contributed by atoms with E-state index in [0.717, 1.165) is 31.2 Å². The first-order valence-electron chi connectivity index (χ1n) is 8.58. The number of rotatable bonds is 4. The van der Waals surface area contributed by atoms with Crippen molar-refractivity contribution in [2.24, 2.45) is 11.8 Å². The van der Waals surface area contributed by atoms with Crippen LogP contribution in [0, 0.1) is 11.8 Å². The first kappa shape index (κ1) is 16.0. The van der Waals surface area contributed by atoms with Gasteiger partial charge in [-0.15, -0.1) is 0 Å². The van der Waals surface area contributed by atoms with E-state index in [1.54, 1.807) is 7.11 Å². The van der Waals surface area contributed by atoms with E-state index in [4.69, 9.17) is 14.0 Å². The summed E-state index contributed by atoms with van der Waals surface area (Å²) in [6, 6.07) is 8.89. The highest BCUT2D eigenvalue weighted by Crippen LogP contribution is 2.35. The van der Waals surface area contributed by atoms with Gasteiger partial charge in [0.2, 0.25) is 0 Å². The predicted molar refractivity (Wildman–Crippen MR) is 89.5 cm³/mol. The highest BCUT2D eigenvalue weighted by atomic mass is 16.6. The van der Waals surface area contributed by atoms with E-state index in [-0.39, 0.29) is 7.12 Å². The van der Waals surface area contributed by atoms with Gasteiger partial charge < -0.3 is 14.0 Å². The van der Waals surface area contributed by atoms with Gasteiger partial charge in [0.15, 0.2) is 0 Å². The van der Waals surface area contributed by atoms with Crippen LogP contribution in [0.2, 0.25) is 0 Å². The van der Waals surface area contributed by atoms with E-state index in [1.807, 2.05) is 0 Å². The smallest absolute Gasteiger partial charge is 0.407 e. The van der Waals surface area contributed by atoms with Crippen LogP contribution in [0.4, 0.5) is 0 Å². The van der Waals surface area contributed by atoms with Crippen LogP contribution in [0.1, 0.15) is 44.1 Å². The van der Waals surface area contributed by atoms with Crippen LogP contribution in [-0.4, -0.2) is 34.0 Å². The standard InChI is InChI=1S/C18H27BO3/c1-14-11-21-19(22-12-14)18-9-7-17(8-10-18)16-5-3-15(4-6-16)13-20-2/h7-10,14-16H,3-6,11-13H2,1-2H3. The maximum atomic E-state index is 5.77. The Morgan fingerprint density at radius 2 is 1.68 bits per heavy atom. The number of benzene rings is 1. The molecule has 1 saturated carbocycles. The first-order chi connectivity index (χ1) is 10.8. The maximum Gasteiger partial charge on any atom is 0.493 e. The lowest BCUT2D eigenvalue weighted by Crippen LogP contribution is -2.43. The van der Waals surface area contributed by atoms with Crippen molar-refractivity contribution >= 4 is 12.6 Å². The second-order valence-corrected chi connectivity index (χ2v) is 6.94. The van der Waals surface area contributed by atoms with Crippen LogP contribution in [0.15, 0.2) is 24.3 Å². The summed E-state index contributed by atoms with van der Waals surface area (Å²) < 4.78 is 16.8. The van der Waals surface area contributed by atoms with E-state index < -0.39 is 0 Å². The van der Waals surface area contributed by atoms with Gasteiger partial charge in [0.25, 0.3) is 0 Å². The van der Waals surface area contributed by atoms with Crippen molar-refractivity contribution in [3.63, 3.8) is 0 Å². The minimum atomic E-state index is -0.178. The fourth-order valence-electron chi connectivity index (χ4n) is 3.62. The van der Waals surface area contributed by atoms with E-state index in [9.17, 15) is 0 Å². The summed E-state index contributed by atoms with van der Waals surface area (Å²) in [6.45, 7) is 4.64. The Hall–Kier alpha value is -0.835. The fourth-order valence-corrected chi connectivity index (χ4v) is 3.62. The topological polar surface area (TPSA) is 27.7 Å². The summed E-state index contributed by atoms with van der Waals surface area (Å²) in [7, 11) is 1.63. The minimum Gasteiger partial charge on any atom is -0.407 e. The molecule has 1 heterocycles. The normalized spacial score (nSPS) is 27.1. The summed E-state index contributed by atoms with van der Waals surface area (Å²) in [5, 5.41) is 0. The summed E-state index contributed by atoms with van der Waals surface area (Å²) in [5.74, 6) is 1.96. The average molecular weight is 302 g/mol. The van der Waals surface area contributed by atoms with Gasteiger partial charge in [-0.05, 0) is 54.5 Å². The summed E-state index contributed by atoms with van der Waals surface area (Å²) in [5.41, 5.74) is 2.60. The summed E-state index contributed by atoms with van der Waals surface area (Å²) >= 11 is 0. The lowest BCUT2D eigenvalue weighted by Gasteiger charge is -2.29. The Morgan fingerprint density at radius 3 is 2.27 bits per heavy atom. The van der Waals surface area contributed by atoms with Gasteiger partial charge in [-0.25, -0.2) is 0 Å². The summed E-state index contributed by atoms with van der Waals surface area (Å²) in [4.78, 5) is 0. The summed E-state index contributed by atoms with van der Waals surface area (Å²) in [6.07, 6.45) is 5.13. The van der Waals surface area contributed by atoms with Gasteiger partial charge in [-0.2, -0.15) is 0 Å². The Labute approximate surface area is 134 Å². The quantitative estimate of drug-likeness (QED) is 0.800. The molecule has 2 aliphatic rings. The Morgan fingerprint density at radius 1 is 1.05 bits per heavy atom. The number of hydrogen-bond donors (Lipinski definition) is 0. The molecule has 1 aliphatic carbocycles. The molecule has 3 rings (SSSR count). The molecule has 1 aromatic carbocycles. The molecule has 1 aliphatic heterocycles. The van der Waals surface area contributed by atoms with Crippen molar-refractivity contribution in [2.45, 2.75) is 38.5 Å². The molecule has 4 heteroatoms. The molecule has 120 valence electrons. The predicted octanol–water partition coefficient (Wildman–Crippen LogP) is 2.98. The highest BCUT2D eigenvalue weighted by molar-refractivity contribution is 6.61. The molecule has 0 aromatic heterocycles. The van der Waals surface area contributed by atoms with Crippen molar-refractivity contribution in [3.8, 4) is 0 Å². The third-order valence-corrected chi connectivity index (χ3v) is 4.99. The maximum absolute atomic E-state index is 5.77. The van der Waals surface area contributed by atoms with Crippen LogP contribution in [0.5, 0.6) is 0 Å². The number of methoxy groups -OCH3 is 1. The van der Waals surface area contributed by atoms with Gasteiger partial charge in [0, 0.05) is 26.9 Å². The van der Waals surface area contributed by atoms with Crippen LogP contribution in [0.25, 0.3) is 0 Å². The number of hydrogen-bond acceptors (Lipinski definition) is 3. The zero-order valence-electron chi connectivity index (χ0n) is 13.8. The molecule has 2 fully saturated rings. The van der Waals surface area contributed by atoms with E-state index in [1.165, 1.54) is 31.2 Å². The van der Waals surface area contributed by atoms with Gasteiger partial charge in [0.1, 0.15) is 0 Å². The van der Waals surface area contributed by atoms with E-state index in [0.29, 0.717) is 11.8 Å². The minimum absolute atomic E-state index is 0.178. The van der Waals surface area contributed by atoms with Crippen molar-refractivity contribution in [2.75, 3.05) is 26.9 Å².